The fourth-order valence-electron chi connectivity index (χ4n) is 3.77. The first-order valence-corrected chi connectivity index (χ1v) is 9.60. The van der Waals surface area contributed by atoms with Gasteiger partial charge in [-0.25, -0.2) is 0 Å². The Morgan fingerprint density at radius 2 is 2.11 bits per heavy atom. The predicted octanol–water partition coefficient (Wildman–Crippen LogP) is 3.34. The molecular weight excluding hydrogens is 380 g/mol. The van der Waals surface area contributed by atoms with Crippen LogP contribution in [0.15, 0.2) is 42.5 Å². The maximum absolute atomic E-state index is 12.9. The lowest BCUT2D eigenvalue weighted by Gasteiger charge is -2.27. The summed E-state index contributed by atoms with van der Waals surface area (Å²) in [6, 6.07) is 12.7. The molecule has 2 heterocycles. The number of nitrogens with zero attached hydrogens (tertiary/aromatic N) is 1. The molecule has 146 valence electrons. The van der Waals surface area contributed by atoms with Crippen molar-refractivity contribution in [1.82, 2.24) is 5.32 Å². The number of rotatable bonds is 4. The lowest BCUT2D eigenvalue weighted by Crippen LogP contribution is -2.37. The molecule has 2 amide bonds. The number of para-hydroxylation sites is 1. The van der Waals surface area contributed by atoms with Gasteiger partial charge in [0.25, 0.3) is 0 Å². The van der Waals surface area contributed by atoms with Gasteiger partial charge in [0.2, 0.25) is 11.8 Å². The molecule has 28 heavy (non-hydrogen) atoms. The van der Waals surface area contributed by atoms with E-state index in [-0.39, 0.29) is 24.3 Å². The molecule has 2 aromatic carbocycles. The molecule has 0 spiro atoms. The van der Waals surface area contributed by atoms with E-state index in [0.29, 0.717) is 36.0 Å². The van der Waals surface area contributed by atoms with Gasteiger partial charge in [0, 0.05) is 30.0 Å². The van der Waals surface area contributed by atoms with Crippen LogP contribution in [0.2, 0.25) is 5.02 Å². The van der Waals surface area contributed by atoms with Crippen LogP contribution in [-0.4, -0.2) is 32.1 Å². The van der Waals surface area contributed by atoms with Crippen LogP contribution >= 0.6 is 11.6 Å². The van der Waals surface area contributed by atoms with Gasteiger partial charge in [0.05, 0.1) is 31.4 Å². The largest absolute Gasteiger partial charge is 0.495 e. The molecule has 1 N–H and O–H groups in total. The van der Waals surface area contributed by atoms with E-state index in [2.05, 4.69) is 5.32 Å². The van der Waals surface area contributed by atoms with E-state index in [9.17, 15) is 9.59 Å². The van der Waals surface area contributed by atoms with Gasteiger partial charge < -0.3 is 19.7 Å². The summed E-state index contributed by atoms with van der Waals surface area (Å²) in [5.41, 5.74) is 1.56. The number of methoxy groups -OCH3 is 1. The lowest BCUT2D eigenvalue weighted by molar-refractivity contribution is -0.127. The van der Waals surface area contributed by atoms with Crippen molar-refractivity contribution in [1.29, 1.82) is 0 Å². The minimum Gasteiger partial charge on any atom is -0.495 e. The molecule has 0 radical (unpaired) electrons. The Hall–Kier alpha value is -2.73. The van der Waals surface area contributed by atoms with E-state index in [1.807, 2.05) is 24.3 Å². The number of amides is 2. The van der Waals surface area contributed by atoms with Crippen LogP contribution in [0.3, 0.4) is 0 Å². The summed E-state index contributed by atoms with van der Waals surface area (Å²) in [4.78, 5) is 27.0. The van der Waals surface area contributed by atoms with Gasteiger partial charge in [0.1, 0.15) is 11.5 Å². The summed E-state index contributed by atoms with van der Waals surface area (Å²) < 4.78 is 11.0. The Kier molecular flexibility index (Phi) is 5.13. The number of anilines is 1. The van der Waals surface area contributed by atoms with Crippen molar-refractivity contribution in [3.05, 3.63) is 53.1 Å². The maximum Gasteiger partial charge on any atom is 0.227 e. The lowest BCUT2D eigenvalue weighted by atomic mass is 9.99. The molecule has 2 aromatic rings. The van der Waals surface area contributed by atoms with E-state index < -0.39 is 5.92 Å². The number of hydrogen-bond acceptors (Lipinski definition) is 4. The second-order valence-electron chi connectivity index (χ2n) is 6.96. The maximum atomic E-state index is 12.9. The first-order chi connectivity index (χ1) is 13.6. The average molecular weight is 401 g/mol. The van der Waals surface area contributed by atoms with E-state index in [1.165, 1.54) is 0 Å². The Balaban J connectivity index is 1.49. The van der Waals surface area contributed by atoms with Gasteiger partial charge in [-0.15, -0.1) is 0 Å². The summed E-state index contributed by atoms with van der Waals surface area (Å²) >= 11 is 6.09. The first kappa shape index (κ1) is 18.6. The van der Waals surface area contributed by atoms with Crippen molar-refractivity contribution in [2.24, 2.45) is 5.92 Å². The van der Waals surface area contributed by atoms with Crippen LogP contribution in [-0.2, 0) is 9.59 Å². The number of ether oxygens (including phenoxy) is 2. The molecule has 0 unspecified atom stereocenters. The topological polar surface area (TPSA) is 67.9 Å². The molecule has 7 heteroatoms. The van der Waals surface area contributed by atoms with Crippen LogP contribution in [0.1, 0.15) is 24.4 Å². The number of nitrogens with one attached hydrogen (secondary N) is 1. The molecule has 2 atom stereocenters. The molecule has 0 bridgehead atoms. The second-order valence-corrected chi connectivity index (χ2v) is 7.39. The highest BCUT2D eigenvalue weighted by molar-refractivity contribution is 6.31. The molecule has 0 aromatic heterocycles. The number of fused-ring (bicyclic) bond motifs is 1. The van der Waals surface area contributed by atoms with Crippen LogP contribution < -0.4 is 19.7 Å². The van der Waals surface area contributed by atoms with Crippen molar-refractivity contribution < 1.29 is 19.1 Å². The zero-order valence-corrected chi connectivity index (χ0v) is 16.2. The minimum atomic E-state index is -0.425. The van der Waals surface area contributed by atoms with Gasteiger partial charge in [-0.2, -0.15) is 0 Å². The fourth-order valence-corrected chi connectivity index (χ4v) is 3.94. The van der Waals surface area contributed by atoms with Crippen LogP contribution in [0.4, 0.5) is 5.69 Å². The van der Waals surface area contributed by atoms with Crippen molar-refractivity contribution in [3.63, 3.8) is 0 Å². The molecule has 6 nitrogen and oxygen atoms in total. The van der Waals surface area contributed by atoms with Crippen molar-refractivity contribution in [2.75, 3.05) is 25.2 Å². The molecule has 1 fully saturated rings. The number of halogens is 1. The molecule has 0 saturated carbocycles. The van der Waals surface area contributed by atoms with E-state index in [0.717, 1.165) is 11.3 Å². The quantitative estimate of drug-likeness (QED) is 0.854. The Labute approximate surface area is 168 Å². The molecule has 1 saturated heterocycles. The molecule has 2 aliphatic heterocycles. The van der Waals surface area contributed by atoms with Crippen LogP contribution in [0.25, 0.3) is 0 Å². The third-order valence-electron chi connectivity index (χ3n) is 5.20. The molecule has 0 aliphatic carbocycles. The third kappa shape index (κ3) is 3.52. The van der Waals surface area contributed by atoms with Crippen molar-refractivity contribution in [3.8, 4) is 11.5 Å². The summed E-state index contributed by atoms with van der Waals surface area (Å²) in [6.45, 7) is 0.851. The van der Waals surface area contributed by atoms with Crippen LogP contribution in [0.5, 0.6) is 11.5 Å². The summed E-state index contributed by atoms with van der Waals surface area (Å²) in [6.07, 6.45) is 0.863. The fraction of sp³-hybridized carbons (Fsp3) is 0.333. The number of benzene rings is 2. The summed E-state index contributed by atoms with van der Waals surface area (Å²) in [7, 11) is 1.54. The van der Waals surface area contributed by atoms with Gasteiger partial charge in [-0.1, -0.05) is 29.8 Å². The van der Waals surface area contributed by atoms with E-state index >= 15 is 0 Å². The highest BCUT2D eigenvalue weighted by atomic mass is 35.5. The number of hydrogen-bond donors (Lipinski definition) is 1. The van der Waals surface area contributed by atoms with Gasteiger partial charge >= 0.3 is 0 Å². The molecule has 4 rings (SSSR count). The molecular formula is C21H21ClN2O4. The van der Waals surface area contributed by atoms with Gasteiger partial charge in [-0.3, -0.25) is 9.59 Å². The van der Waals surface area contributed by atoms with E-state index in [1.54, 1.807) is 30.2 Å². The Morgan fingerprint density at radius 1 is 1.29 bits per heavy atom. The summed E-state index contributed by atoms with van der Waals surface area (Å²) in [5, 5.41) is 3.60. The van der Waals surface area contributed by atoms with Crippen LogP contribution in [0, 0.1) is 5.92 Å². The molecule has 2 aliphatic rings. The number of carbonyl (C=O) groups is 2. The van der Waals surface area contributed by atoms with Gasteiger partial charge in [-0.05, 0) is 24.3 Å². The average Bonchev–Trinajstić information content (AvgIpc) is 3.10. The van der Waals surface area contributed by atoms with E-state index in [4.69, 9.17) is 21.1 Å². The monoisotopic (exact) mass is 400 g/mol. The van der Waals surface area contributed by atoms with Crippen molar-refractivity contribution >= 4 is 29.1 Å². The standard InChI is InChI=1S/C21H21ClN2O4/c1-27-19-7-6-14(22)11-17(19)24-12-13(10-20(24)25)21(26)23-16-8-9-28-18-5-3-2-4-15(16)18/h2-7,11,13,16H,8-10,12H2,1H3,(H,23,26)/t13-,16+/m1/s1. The normalized spacial score (nSPS) is 21.1. The zero-order valence-electron chi connectivity index (χ0n) is 15.5. The van der Waals surface area contributed by atoms with Gasteiger partial charge in [0.15, 0.2) is 0 Å². The second kappa shape index (κ2) is 7.72. The number of carbonyl (C=O) groups excluding carboxylic acids is 2. The minimum absolute atomic E-state index is 0.109. The zero-order chi connectivity index (χ0) is 19.7. The predicted molar refractivity (Wildman–Crippen MR) is 106 cm³/mol. The first-order valence-electron chi connectivity index (χ1n) is 9.23. The SMILES string of the molecule is COc1ccc(Cl)cc1N1C[C@H](C(=O)N[C@H]2CCOc3ccccc32)CC1=O. The highest BCUT2D eigenvalue weighted by Gasteiger charge is 2.37. The highest BCUT2D eigenvalue weighted by Crippen LogP contribution is 2.36. The summed E-state index contributed by atoms with van der Waals surface area (Å²) in [5.74, 6) is 0.682. The third-order valence-corrected chi connectivity index (χ3v) is 5.44. The Morgan fingerprint density at radius 3 is 2.93 bits per heavy atom. The Bertz CT molecular complexity index is 917. The van der Waals surface area contributed by atoms with Crippen molar-refractivity contribution in [2.45, 2.75) is 18.9 Å². The smallest absolute Gasteiger partial charge is 0.227 e.